The molecule has 3 atom stereocenters. The lowest BCUT2D eigenvalue weighted by Crippen LogP contribution is -2.46. The molecule has 7 aromatic rings. The molecule has 20 heteroatoms. The second-order valence-corrected chi connectivity index (χ2v) is 19.1. The SMILES string of the molecule is COc1ccc(CNc2ncncc2[C@@H](C)N2CCOc3c(Cl)c(-c4nc(N(Cc5ccc(OC)cc5)Cc5ccc(OC)cc5)cc(C)c4C(F)(F)F)c(F)c4nc(OC[C@@H]5CC[C@H]6COCCN65)nc2c34)cc1. The van der Waals surface area contributed by atoms with Gasteiger partial charge in [0.2, 0.25) is 0 Å². The van der Waals surface area contributed by atoms with Crippen LogP contribution < -0.4 is 38.8 Å². The molecule has 10 rings (SSSR count). The maximum absolute atomic E-state index is 18.3. The Hall–Kier alpha value is -7.22. The van der Waals surface area contributed by atoms with Crippen molar-refractivity contribution in [1.29, 1.82) is 0 Å². The normalized spacial score (nSPS) is 17.0. The molecule has 3 aromatic heterocycles. The highest BCUT2D eigenvalue weighted by Gasteiger charge is 2.41. The van der Waals surface area contributed by atoms with Gasteiger partial charge in [0.25, 0.3) is 0 Å². The van der Waals surface area contributed by atoms with Gasteiger partial charge in [-0.15, -0.1) is 0 Å². The van der Waals surface area contributed by atoms with Crippen molar-refractivity contribution in [2.24, 2.45) is 0 Å². The van der Waals surface area contributed by atoms with E-state index in [9.17, 15) is 0 Å². The maximum Gasteiger partial charge on any atom is 0.418 e. The predicted molar refractivity (Wildman–Crippen MR) is 277 cm³/mol. The Labute approximate surface area is 436 Å². The fourth-order valence-corrected chi connectivity index (χ4v) is 10.6. The number of aryl methyl sites for hydroxylation is 1. The van der Waals surface area contributed by atoms with E-state index in [1.807, 2.05) is 65.3 Å². The van der Waals surface area contributed by atoms with E-state index in [1.54, 1.807) is 51.8 Å². The fourth-order valence-electron chi connectivity index (χ4n) is 10.2. The molecule has 2 fully saturated rings. The molecule has 6 heterocycles. The van der Waals surface area contributed by atoms with Gasteiger partial charge in [0.1, 0.15) is 59.8 Å². The maximum atomic E-state index is 18.3. The minimum atomic E-state index is -5.01. The third kappa shape index (κ3) is 10.7. The average molecular weight is 1050 g/mol. The lowest BCUT2D eigenvalue weighted by molar-refractivity contribution is -0.137. The molecule has 3 aliphatic heterocycles. The Morgan fingerprint density at radius 2 is 1.51 bits per heavy atom. The number of benzene rings is 4. The second kappa shape index (κ2) is 21.9. The molecule has 0 aliphatic carbocycles. The molecular formula is C55H56ClF4N9O6. The molecule has 2 saturated heterocycles. The quantitative estimate of drug-likeness (QED) is 0.0864. The van der Waals surface area contributed by atoms with Crippen molar-refractivity contribution in [1.82, 2.24) is 29.8 Å². The van der Waals surface area contributed by atoms with E-state index in [-0.39, 0.29) is 84.8 Å². The topological polar surface area (TPSA) is 142 Å². The van der Waals surface area contributed by atoms with Crippen molar-refractivity contribution in [2.75, 3.05) is 76.0 Å². The van der Waals surface area contributed by atoms with Gasteiger partial charge in [-0.25, -0.2) is 19.3 Å². The van der Waals surface area contributed by atoms with Crippen LogP contribution in [0, 0.1) is 12.7 Å². The Morgan fingerprint density at radius 1 is 0.853 bits per heavy atom. The first-order chi connectivity index (χ1) is 36.3. The summed E-state index contributed by atoms with van der Waals surface area (Å²) in [5.41, 5.74) is 0.198. The number of halogens is 5. The highest BCUT2D eigenvalue weighted by Crippen LogP contribution is 2.51. The van der Waals surface area contributed by atoms with E-state index in [4.69, 9.17) is 50.0 Å². The van der Waals surface area contributed by atoms with Crippen molar-refractivity contribution < 1.29 is 46.0 Å². The smallest absolute Gasteiger partial charge is 0.418 e. The van der Waals surface area contributed by atoms with Crippen molar-refractivity contribution in [3.8, 4) is 40.3 Å². The van der Waals surface area contributed by atoms with E-state index in [2.05, 4.69) is 25.2 Å². The summed E-state index contributed by atoms with van der Waals surface area (Å²) >= 11 is 7.30. The van der Waals surface area contributed by atoms with Crippen molar-refractivity contribution in [3.05, 3.63) is 136 Å². The van der Waals surface area contributed by atoms with Crippen molar-refractivity contribution in [3.63, 3.8) is 0 Å². The molecule has 0 bridgehead atoms. The first kappa shape index (κ1) is 51.3. The molecule has 0 amide bonds. The zero-order chi connectivity index (χ0) is 52.4. The van der Waals surface area contributed by atoms with E-state index in [0.717, 1.165) is 41.8 Å². The molecule has 1 N–H and O–H groups in total. The predicted octanol–water partition coefficient (Wildman–Crippen LogP) is 10.6. The highest BCUT2D eigenvalue weighted by atomic mass is 35.5. The average Bonchev–Trinajstić information content (AvgIpc) is 3.74. The van der Waals surface area contributed by atoms with Gasteiger partial charge in [-0.3, -0.25) is 4.90 Å². The molecule has 0 radical (unpaired) electrons. The number of alkyl halides is 3. The number of fused-ring (bicyclic) bond motifs is 1. The molecular weight excluding hydrogens is 994 g/mol. The number of anilines is 3. The molecule has 392 valence electrons. The summed E-state index contributed by atoms with van der Waals surface area (Å²) in [4.78, 5) is 29.4. The molecule has 3 aliphatic rings. The second-order valence-electron chi connectivity index (χ2n) is 18.7. The number of methoxy groups -OCH3 is 3. The fraction of sp³-hybridized carbons (Fsp3) is 0.364. The van der Waals surface area contributed by atoms with Gasteiger partial charge < -0.3 is 43.5 Å². The number of pyridine rings is 1. The molecule has 75 heavy (non-hydrogen) atoms. The Bertz CT molecular complexity index is 3110. The van der Waals surface area contributed by atoms with Crippen LogP contribution in [0.2, 0.25) is 5.02 Å². The summed E-state index contributed by atoms with van der Waals surface area (Å²) in [7, 11) is 4.73. The monoisotopic (exact) mass is 1050 g/mol. The van der Waals surface area contributed by atoms with Crippen molar-refractivity contribution in [2.45, 2.75) is 70.6 Å². The van der Waals surface area contributed by atoms with Crippen LogP contribution in [0.15, 0.2) is 91.4 Å². The first-order valence-corrected chi connectivity index (χ1v) is 25.0. The van der Waals surface area contributed by atoms with E-state index in [1.165, 1.54) is 19.3 Å². The Balaban J connectivity index is 1.11. The van der Waals surface area contributed by atoms with Gasteiger partial charge in [0.15, 0.2) is 11.6 Å². The lowest BCUT2D eigenvalue weighted by Gasteiger charge is -2.33. The van der Waals surface area contributed by atoms with E-state index in [0.29, 0.717) is 42.6 Å². The standard InChI is InChI=1S/C55H56ClF4N9O6/c1-32-24-43(67(27-35-8-16-40(71-4)17-9-35)28-36-10-18-41(72-5)19-11-36)64-49(46(32)55(58,59)60)44-47(56)51-45-50(48(44)57)65-54(75-30-38-13-12-37-29-73-22-20-69(37)38)66-53(45)68(21-23-74-51)33(2)42-26-61-31-63-52(42)62-25-34-6-14-39(70-3)15-7-34/h6-11,14-19,24,26,31,33,37-38H,12-13,20-23,25,27-30H2,1-5H3,(H,61,62,63)/t33-,37+,38+/m1/s1. The highest BCUT2D eigenvalue weighted by molar-refractivity contribution is 6.36. The van der Waals surface area contributed by atoms with Crippen LogP contribution in [-0.2, 0) is 30.5 Å². The number of aromatic nitrogens is 5. The lowest BCUT2D eigenvalue weighted by atomic mass is 9.98. The Kier molecular flexibility index (Phi) is 15.0. The molecule has 0 spiro atoms. The van der Waals surface area contributed by atoms with Gasteiger partial charge >= 0.3 is 12.2 Å². The summed E-state index contributed by atoms with van der Waals surface area (Å²) < 4.78 is 100.0. The molecule has 15 nitrogen and oxygen atoms in total. The zero-order valence-corrected chi connectivity index (χ0v) is 42.8. The first-order valence-electron chi connectivity index (χ1n) is 24.7. The van der Waals surface area contributed by atoms with Crippen LogP contribution in [0.4, 0.5) is 35.0 Å². The minimum absolute atomic E-state index is 0.000661. The van der Waals surface area contributed by atoms with Crippen LogP contribution in [-0.4, -0.2) is 103 Å². The van der Waals surface area contributed by atoms with E-state index < -0.39 is 39.9 Å². The van der Waals surface area contributed by atoms with Crippen LogP contribution in [0.1, 0.15) is 59.2 Å². The third-order valence-corrected chi connectivity index (χ3v) is 14.5. The summed E-state index contributed by atoms with van der Waals surface area (Å²) in [5, 5.41) is 3.06. The van der Waals surface area contributed by atoms with Crippen molar-refractivity contribution >= 4 is 40.0 Å². The summed E-state index contributed by atoms with van der Waals surface area (Å²) in [6, 6.07) is 23.2. The van der Waals surface area contributed by atoms with Crippen LogP contribution >= 0.6 is 11.6 Å². The summed E-state index contributed by atoms with van der Waals surface area (Å²) in [6.45, 7) is 6.34. The van der Waals surface area contributed by atoms with Gasteiger partial charge in [0, 0.05) is 50.0 Å². The summed E-state index contributed by atoms with van der Waals surface area (Å²) in [6.07, 6.45) is -0.122. The summed E-state index contributed by atoms with van der Waals surface area (Å²) in [5.74, 6) is 1.61. The molecule has 0 unspecified atom stereocenters. The number of rotatable bonds is 17. The van der Waals surface area contributed by atoms with Gasteiger partial charge in [-0.05, 0) is 91.4 Å². The largest absolute Gasteiger partial charge is 0.497 e. The van der Waals surface area contributed by atoms with Crippen LogP contribution in [0.3, 0.4) is 0 Å². The number of ether oxygens (including phenoxy) is 6. The number of hydrogen-bond donors (Lipinski definition) is 1. The van der Waals surface area contributed by atoms with Crippen LogP contribution in [0.5, 0.6) is 29.0 Å². The van der Waals surface area contributed by atoms with E-state index >= 15 is 17.6 Å². The van der Waals surface area contributed by atoms with Gasteiger partial charge in [-0.1, -0.05) is 48.0 Å². The third-order valence-electron chi connectivity index (χ3n) is 14.2. The molecule has 4 aromatic carbocycles. The number of morpholine rings is 1. The number of nitrogens with one attached hydrogen (secondary N) is 1. The Morgan fingerprint density at radius 3 is 2.15 bits per heavy atom. The van der Waals surface area contributed by atoms with Gasteiger partial charge in [-0.2, -0.15) is 23.1 Å². The minimum Gasteiger partial charge on any atom is -0.497 e. The molecule has 0 saturated carbocycles. The number of hydrogen-bond acceptors (Lipinski definition) is 15. The van der Waals surface area contributed by atoms with Gasteiger partial charge in [0.05, 0.1) is 74.4 Å². The van der Waals surface area contributed by atoms with Crippen LogP contribution in [0.25, 0.3) is 22.2 Å². The number of nitrogens with zero attached hydrogens (tertiary/aromatic N) is 8. The zero-order valence-electron chi connectivity index (χ0n) is 42.1.